The number of methoxy groups -OCH3 is 3. The number of hydrazine groups is 1. The molecule has 0 saturated carbocycles. The second kappa shape index (κ2) is 9.73. The lowest BCUT2D eigenvalue weighted by Gasteiger charge is -2.14. The molecule has 0 radical (unpaired) electrons. The zero-order chi connectivity index (χ0) is 23.3. The van der Waals surface area contributed by atoms with Gasteiger partial charge in [-0.3, -0.25) is 25.2 Å². The zero-order valence-corrected chi connectivity index (χ0v) is 18.0. The van der Waals surface area contributed by atoms with Crippen molar-refractivity contribution in [1.82, 2.24) is 16.2 Å². The summed E-state index contributed by atoms with van der Waals surface area (Å²) in [7, 11) is 4.31. The third-order valence-corrected chi connectivity index (χ3v) is 4.70. The first-order chi connectivity index (χ1) is 15.4. The number of benzene rings is 2. The highest BCUT2D eigenvalue weighted by atomic mass is 16.5. The van der Waals surface area contributed by atoms with E-state index in [1.165, 1.54) is 33.5 Å². The van der Waals surface area contributed by atoms with Crippen molar-refractivity contribution in [2.75, 3.05) is 27.9 Å². The van der Waals surface area contributed by atoms with E-state index in [1.54, 1.807) is 19.1 Å². The third kappa shape index (κ3) is 4.59. The van der Waals surface area contributed by atoms with Gasteiger partial charge in [0.25, 0.3) is 11.8 Å². The Bertz CT molecular complexity index is 1140. The predicted molar refractivity (Wildman–Crippen MR) is 115 cm³/mol. The molecule has 2 aromatic carbocycles. The number of fused-ring (bicyclic) bond motifs is 1. The number of rotatable bonds is 7. The number of hydrogen-bond acceptors (Lipinski definition) is 7. The maximum atomic E-state index is 12.4. The van der Waals surface area contributed by atoms with Gasteiger partial charge in [-0.25, -0.2) is 0 Å². The summed E-state index contributed by atoms with van der Waals surface area (Å²) in [5.41, 5.74) is 5.94. The minimum Gasteiger partial charge on any atom is -0.493 e. The molecule has 0 saturated heterocycles. The highest BCUT2D eigenvalue weighted by Gasteiger charge is 2.19. The molecule has 0 unspecified atom stereocenters. The van der Waals surface area contributed by atoms with Crippen LogP contribution in [0, 0.1) is 6.92 Å². The Kier molecular flexibility index (Phi) is 6.83. The molecule has 0 aliphatic rings. The number of amides is 3. The van der Waals surface area contributed by atoms with Crippen LogP contribution < -0.4 is 30.4 Å². The molecule has 0 bridgehead atoms. The van der Waals surface area contributed by atoms with Crippen LogP contribution in [0.4, 0.5) is 0 Å². The normalized spacial score (nSPS) is 10.4. The standard InChI is InChI=1S/C22H23N3O7/c1-12-14-7-5-6-8-15(14)32-19(12)22(28)25-24-18(26)11-23-21(27)13-9-16(29-2)20(31-4)17(10-13)30-3/h5-10H,11H2,1-4H3,(H,23,27)(H,24,26)(H,25,28). The smallest absolute Gasteiger partial charge is 0.305 e. The molecule has 0 aliphatic heterocycles. The molecule has 3 N–H and O–H groups in total. The highest BCUT2D eigenvalue weighted by Crippen LogP contribution is 2.38. The van der Waals surface area contributed by atoms with Gasteiger partial charge in [0, 0.05) is 16.5 Å². The molecule has 0 fully saturated rings. The second-order valence-corrected chi connectivity index (χ2v) is 6.65. The quantitative estimate of drug-likeness (QED) is 0.478. The Morgan fingerprint density at radius 3 is 2.16 bits per heavy atom. The molecule has 0 atom stereocenters. The predicted octanol–water partition coefficient (Wildman–Crippen LogP) is 1.96. The first-order valence-corrected chi connectivity index (χ1v) is 9.55. The van der Waals surface area contributed by atoms with Gasteiger partial charge in [-0.05, 0) is 25.1 Å². The molecular formula is C22H23N3O7. The Morgan fingerprint density at radius 1 is 0.906 bits per heavy atom. The Labute approximate surface area is 183 Å². The van der Waals surface area contributed by atoms with Gasteiger partial charge in [-0.2, -0.15) is 0 Å². The van der Waals surface area contributed by atoms with Crippen molar-refractivity contribution in [3.8, 4) is 17.2 Å². The number of carbonyl (C=O) groups excluding carboxylic acids is 3. The largest absolute Gasteiger partial charge is 0.493 e. The minimum absolute atomic E-state index is 0.0907. The molecule has 10 nitrogen and oxygen atoms in total. The van der Waals surface area contributed by atoms with Gasteiger partial charge in [-0.15, -0.1) is 0 Å². The summed E-state index contributed by atoms with van der Waals surface area (Å²) in [6, 6.07) is 10.1. The van der Waals surface area contributed by atoms with Gasteiger partial charge < -0.3 is 23.9 Å². The number of furan rings is 1. The lowest BCUT2D eigenvalue weighted by Crippen LogP contribution is -2.46. The summed E-state index contributed by atoms with van der Waals surface area (Å²) in [4.78, 5) is 36.9. The van der Waals surface area contributed by atoms with E-state index >= 15 is 0 Å². The Morgan fingerprint density at radius 2 is 1.56 bits per heavy atom. The number of aryl methyl sites for hydroxylation is 1. The number of carbonyl (C=O) groups is 3. The molecule has 0 spiro atoms. The monoisotopic (exact) mass is 441 g/mol. The average molecular weight is 441 g/mol. The SMILES string of the molecule is COc1cc(C(=O)NCC(=O)NNC(=O)c2oc3ccccc3c2C)cc(OC)c1OC. The molecule has 3 amide bonds. The van der Waals surface area contributed by atoms with Crippen LogP contribution in [0.5, 0.6) is 17.2 Å². The van der Waals surface area contributed by atoms with Crippen LogP contribution in [0.15, 0.2) is 40.8 Å². The molecule has 10 heteroatoms. The van der Waals surface area contributed by atoms with Gasteiger partial charge >= 0.3 is 5.91 Å². The van der Waals surface area contributed by atoms with Gasteiger partial charge in [0.15, 0.2) is 17.3 Å². The van der Waals surface area contributed by atoms with Crippen molar-refractivity contribution in [3.63, 3.8) is 0 Å². The third-order valence-electron chi connectivity index (χ3n) is 4.70. The van der Waals surface area contributed by atoms with Crippen LogP contribution in [0.1, 0.15) is 26.5 Å². The maximum absolute atomic E-state index is 12.4. The molecule has 0 aliphatic carbocycles. The molecule has 1 heterocycles. The second-order valence-electron chi connectivity index (χ2n) is 6.65. The van der Waals surface area contributed by atoms with E-state index in [1.807, 2.05) is 12.1 Å². The fourth-order valence-electron chi connectivity index (χ4n) is 3.09. The van der Waals surface area contributed by atoms with E-state index in [4.69, 9.17) is 18.6 Å². The topological polar surface area (TPSA) is 128 Å². The summed E-state index contributed by atoms with van der Waals surface area (Å²) < 4.78 is 21.2. The van der Waals surface area contributed by atoms with Crippen LogP contribution >= 0.6 is 0 Å². The molecule has 3 rings (SSSR count). The number of hydrogen-bond donors (Lipinski definition) is 3. The van der Waals surface area contributed by atoms with Gasteiger partial charge in [0.1, 0.15) is 5.58 Å². The van der Waals surface area contributed by atoms with E-state index in [0.29, 0.717) is 28.4 Å². The zero-order valence-electron chi connectivity index (χ0n) is 18.0. The van der Waals surface area contributed by atoms with Crippen molar-refractivity contribution in [3.05, 3.63) is 53.3 Å². The summed E-state index contributed by atoms with van der Waals surface area (Å²) in [6.45, 7) is 1.37. The van der Waals surface area contributed by atoms with Crippen LogP contribution in [0.3, 0.4) is 0 Å². The minimum atomic E-state index is -0.632. The van der Waals surface area contributed by atoms with Crippen LogP contribution in [-0.4, -0.2) is 45.6 Å². The maximum Gasteiger partial charge on any atom is 0.305 e. The van der Waals surface area contributed by atoms with E-state index in [0.717, 1.165) is 5.39 Å². The molecular weight excluding hydrogens is 418 g/mol. The van der Waals surface area contributed by atoms with Crippen molar-refractivity contribution in [2.45, 2.75) is 6.92 Å². The molecule has 1 aromatic heterocycles. The molecule has 168 valence electrons. The van der Waals surface area contributed by atoms with Gasteiger partial charge in [0.05, 0.1) is 27.9 Å². The van der Waals surface area contributed by atoms with E-state index in [2.05, 4.69) is 16.2 Å². The summed E-state index contributed by atoms with van der Waals surface area (Å²) in [5.74, 6) is -0.750. The number of nitrogens with one attached hydrogen (secondary N) is 3. The van der Waals surface area contributed by atoms with Crippen molar-refractivity contribution >= 4 is 28.7 Å². The number of para-hydroxylation sites is 1. The first kappa shape index (κ1) is 22.5. The Hall–Kier alpha value is -4.21. The summed E-state index contributed by atoms with van der Waals surface area (Å²) in [5, 5.41) is 3.26. The average Bonchev–Trinajstić information content (AvgIpc) is 3.16. The van der Waals surface area contributed by atoms with Gasteiger partial charge in [-0.1, -0.05) is 18.2 Å². The van der Waals surface area contributed by atoms with Crippen LogP contribution in [0.2, 0.25) is 0 Å². The van der Waals surface area contributed by atoms with Crippen LogP contribution in [-0.2, 0) is 4.79 Å². The van der Waals surface area contributed by atoms with E-state index in [-0.39, 0.29) is 17.9 Å². The van der Waals surface area contributed by atoms with Gasteiger partial charge in [0.2, 0.25) is 5.75 Å². The van der Waals surface area contributed by atoms with E-state index in [9.17, 15) is 14.4 Å². The van der Waals surface area contributed by atoms with E-state index < -0.39 is 17.7 Å². The van der Waals surface area contributed by atoms with Crippen molar-refractivity contribution in [2.24, 2.45) is 0 Å². The number of ether oxygens (including phenoxy) is 3. The molecule has 32 heavy (non-hydrogen) atoms. The summed E-state index contributed by atoms with van der Waals surface area (Å²) in [6.07, 6.45) is 0. The lowest BCUT2D eigenvalue weighted by molar-refractivity contribution is -0.120. The van der Waals surface area contributed by atoms with Crippen molar-refractivity contribution in [1.29, 1.82) is 0 Å². The fourth-order valence-corrected chi connectivity index (χ4v) is 3.09. The fraction of sp³-hybridized carbons (Fsp3) is 0.227. The molecule has 3 aromatic rings. The highest BCUT2D eigenvalue weighted by molar-refractivity contribution is 6.00. The van der Waals surface area contributed by atoms with Crippen LogP contribution in [0.25, 0.3) is 11.0 Å². The Balaban J connectivity index is 1.58. The summed E-state index contributed by atoms with van der Waals surface area (Å²) >= 11 is 0. The first-order valence-electron chi connectivity index (χ1n) is 9.55. The lowest BCUT2D eigenvalue weighted by atomic mass is 10.1. The van der Waals surface area contributed by atoms with Crippen molar-refractivity contribution < 1.29 is 33.0 Å².